The van der Waals surface area contributed by atoms with E-state index in [9.17, 15) is 4.79 Å². The van der Waals surface area contributed by atoms with Gasteiger partial charge in [0.15, 0.2) is 0 Å². The Morgan fingerprint density at radius 3 is 2.79 bits per heavy atom. The van der Waals surface area contributed by atoms with Crippen molar-refractivity contribution >= 4 is 12.0 Å². The highest BCUT2D eigenvalue weighted by Crippen LogP contribution is 2.10. The van der Waals surface area contributed by atoms with E-state index in [1.54, 1.807) is 13.0 Å². The average Bonchev–Trinajstić information content (AvgIpc) is 2.18. The van der Waals surface area contributed by atoms with Crippen molar-refractivity contribution in [3.63, 3.8) is 0 Å². The molecule has 1 N–H and O–H groups in total. The number of hydrogen-bond donors (Lipinski definition) is 1. The molecule has 0 saturated heterocycles. The van der Waals surface area contributed by atoms with Crippen LogP contribution in [0.4, 0.5) is 0 Å². The molecule has 0 radical (unpaired) electrons. The zero-order chi connectivity index (χ0) is 10.6. The van der Waals surface area contributed by atoms with Crippen LogP contribution < -0.4 is 0 Å². The zero-order valence-electron chi connectivity index (χ0n) is 8.45. The number of aliphatic carboxylic acids is 1. The van der Waals surface area contributed by atoms with Crippen molar-refractivity contribution in [3.05, 3.63) is 41.0 Å². The molecule has 0 aliphatic heterocycles. The fourth-order valence-electron chi connectivity index (χ4n) is 1.21. The summed E-state index contributed by atoms with van der Waals surface area (Å²) < 4.78 is 0. The monoisotopic (exact) mass is 190 g/mol. The molecule has 2 nitrogen and oxygen atoms in total. The lowest BCUT2D eigenvalue weighted by Crippen LogP contribution is -1.95. The molecule has 0 saturated carbocycles. The van der Waals surface area contributed by atoms with Crippen molar-refractivity contribution in [2.45, 2.75) is 20.3 Å². The van der Waals surface area contributed by atoms with Gasteiger partial charge in [-0.15, -0.1) is 0 Å². The smallest absolute Gasteiger partial charge is 0.331 e. The van der Waals surface area contributed by atoms with Gasteiger partial charge < -0.3 is 5.11 Å². The number of carbonyl (C=O) groups is 1. The van der Waals surface area contributed by atoms with Gasteiger partial charge in [-0.1, -0.05) is 31.2 Å². The summed E-state index contributed by atoms with van der Waals surface area (Å²) in [4.78, 5) is 10.6. The molecule has 2 heteroatoms. The first-order chi connectivity index (χ1) is 6.63. The number of rotatable bonds is 3. The summed E-state index contributed by atoms with van der Waals surface area (Å²) >= 11 is 0. The zero-order valence-corrected chi connectivity index (χ0v) is 8.45. The number of carboxylic acids is 1. The van der Waals surface area contributed by atoms with E-state index in [-0.39, 0.29) is 0 Å². The molecule has 0 aliphatic carbocycles. The molecule has 14 heavy (non-hydrogen) atoms. The number of carboxylic acid groups (broad SMARTS) is 1. The Hall–Kier alpha value is -1.57. The van der Waals surface area contributed by atoms with E-state index >= 15 is 0 Å². The minimum atomic E-state index is -0.869. The van der Waals surface area contributed by atoms with Crippen molar-refractivity contribution in [2.75, 3.05) is 0 Å². The maximum absolute atomic E-state index is 10.6. The molecule has 0 heterocycles. The number of hydrogen-bond acceptors (Lipinski definition) is 1. The van der Waals surface area contributed by atoms with Gasteiger partial charge in [-0.25, -0.2) is 4.79 Å². The Labute approximate surface area is 83.9 Å². The first-order valence-corrected chi connectivity index (χ1v) is 4.64. The highest BCUT2D eigenvalue weighted by Gasteiger charge is 1.99. The normalized spacial score (nSPS) is 11.4. The predicted molar refractivity (Wildman–Crippen MR) is 57.1 cm³/mol. The Kier molecular flexibility index (Phi) is 3.46. The van der Waals surface area contributed by atoms with Gasteiger partial charge in [-0.2, -0.15) is 0 Å². The number of benzene rings is 1. The lowest BCUT2D eigenvalue weighted by Gasteiger charge is -1.99. The molecular formula is C12H14O2. The van der Waals surface area contributed by atoms with Gasteiger partial charge in [0.2, 0.25) is 0 Å². The number of aryl methyl sites for hydroxylation is 1. The molecule has 0 atom stereocenters. The van der Waals surface area contributed by atoms with Crippen molar-refractivity contribution in [2.24, 2.45) is 0 Å². The van der Waals surface area contributed by atoms with Crippen LogP contribution in [0.5, 0.6) is 0 Å². The molecule has 0 fully saturated rings. The standard InChI is InChI=1S/C12H14O2/c1-3-10-5-4-6-11(8-10)7-9(2)12(13)14/h4-8H,3H2,1-2H3,(H,13,14)/b9-7+. The van der Waals surface area contributed by atoms with E-state index in [1.165, 1.54) is 5.56 Å². The summed E-state index contributed by atoms with van der Waals surface area (Å²) in [7, 11) is 0. The van der Waals surface area contributed by atoms with Crippen molar-refractivity contribution in [1.29, 1.82) is 0 Å². The fraction of sp³-hybridized carbons (Fsp3) is 0.250. The minimum absolute atomic E-state index is 0.359. The Morgan fingerprint density at radius 1 is 1.50 bits per heavy atom. The maximum Gasteiger partial charge on any atom is 0.331 e. The molecule has 0 spiro atoms. The predicted octanol–water partition coefficient (Wildman–Crippen LogP) is 2.74. The molecule has 1 aromatic carbocycles. The van der Waals surface area contributed by atoms with E-state index in [0.717, 1.165) is 12.0 Å². The molecule has 74 valence electrons. The molecule has 0 bridgehead atoms. The van der Waals surface area contributed by atoms with Crippen molar-refractivity contribution in [3.8, 4) is 0 Å². The van der Waals surface area contributed by atoms with Crippen molar-refractivity contribution in [1.82, 2.24) is 0 Å². The second-order valence-corrected chi connectivity index (χ2v) is 3.23. The molecule has 0 aliphatic rings. The van der Waals surface area contributed by atoms with Crippen LogP contribution in [0.3, 0.4) is 0 Å². The molecule has 1 rings (SSSR count). The highest BCUT2D eigenvalue weighted by molar-refractivity contribution is 5.91. The highest BCUT2D eigenvalue weighted by atomic mass is 16.4. The van der Waals surface area contributed by atoms with Gasteiger partial charge in [-0.05, 0) is 30.5 Å². The second-order valence-electron chi connectivity index (χ2n) is 3.23. The molecule has 0 amide bonds. The Bertz CT molecular complexity index is 364. The first kappa shape index (κ1) is 10.5. The van der Waals surface area contributed by atoms with Crippen LogP contribution in [0, 0.1) is 0 Å². The summed E-state index contributed by atoms with van der Waals surface area (Å²) in [6, 6.07) is 7.89. The van der Waals surface area contributed by atoms with E-state index in [2.05, 4.69) is 6.92 Å². The quantitative estimate of drug-likeness (QED) is 0.744. The van der Waals surface area contributed by atoms with Crippen LogP contribution in [-0.2, 0) is 11.2 Å². The second kappa shape index (κ2) is 4.61. The molecular weight excluding hydrogens is 176 g/mol. The van der Waals surface area contributed by atoms with Crippen LogP contribution in [-0.4, -0.2) is 11.1 Å². The molecule has 1 aromatic rings. The average molecular weight is 190 g/mol. The minimum Gasteiger partial charge on any atom is -0.478 e. The van der Waals surface area contributed by atoms with Gasteiger partial charge in [0.1, 0.15) is 0 Å². The Morgan fingerprint density at radius 2 is 2.21 bits per heavy atom. The summed E-state index contributed by atoms with van der Waals surface area (Å²) in [5.41, 5.74) is 2.53. The van der Waals surface area contributed by atoms with Gasteiger partial charge in [-0.3, -0.25) is 0 Å². The third-order valence-electron chi connectivity index (χ3n) is 2.08. The maximum atomic E-state index is 10.6. The van der Waals surface area contributed by atoms with E-state index in [0.29, 0.717) is 5.57 Å². The van der Waals surface area contributed by atoms with Crippen LogP contribution in [0.2, 0.25) is 0 Å². The fourth-order valence-corrected chi connectivity index (χ4v) is 1.21. The lowest BCUT2D eigenvalue weighted by atomic mass is 10.1. The van der Waals surface area contributed by atoms with Crippen molar-refractivity contribution < 1.29 is 9.90 Å². The lowest BCUT2D eigenvalue weighted by molar-refractivity contribution is -0.132. The third-order valence-corrected chi connectivity index (χ3v) is 2.08. The topological polar surface area (TPSA) is 37.3 Å². The van der Waals surface area contributed by atoms with Gasteiger partial charge in [0.05, 0.1) is 0 Å². The summed E-state index contributed by atoms with van der Waals surface area (Å²) in [5, 5.41) is 8.70. The van der Waals surface area contributed by atoms with Gasteiger partial charge >= 0.3 is 5.97 Å². The van der Waals surface area contributed by atoms with Crippen LogP contribution in [0.25, 0.3) is 6.08 Å². The molecule has 0 aromatic heterocycles. The Balaban J connectivity index is 2.97. The van der Waals surface area contributed by atoms with Gasteiger partial charge in [0.25, 0.3) is 0 Å². The van der Waals surface area contributed by atoms with E-state index in [1.807, 2.05) is 24.3 Å². The van der Waals surface area contributed by atoms with E-state index < -0.39 is 5.97 Å². The third kappa shape index (κ3) is 2.73. The largest absolute Gasteiger partial charge is 0.478 e. The SMILES string of the molecule is CCc1cccc(/C=C(\C)C(=O)O)c1. The van der Waals surface area contributed by atoms with Gasteiger partial charge in [0, 0.05) is 5.57 Å². The summed E-state index contributed by atoms with van der Waals surface area (Å²) in [6.45, 7) is 3.67. The van der Waals surface area contributed by atoms with E-state index in [4.69, 9.17) is 5.11 Å². The van der Waals surface area contributed by atoms with Crippen LogP contribution >= 0.6 is 0 Å². The van der Waals surface area contributed by atoms with Crippen LogP contribution in [0.15, 0.2) is 29.8 Å². The molecule has 0 unspecified atom stereocenters. The first-order valence-electron chi connectivity index (χ1n) is 4.64. The van der Waals surface area contributed by atoms with Crippen LogP contribution in [0.1, 0.15) is 25.0 Å². The summed E-state index contributed by atoms with van der Waals surface area (Å²) in [6.07, 6.45) is 2.65. The summed E-state index contributed by atoms with van der Waals surface area (Å²) in [5.74, 6) is -0.869.